The number of nitrogens with zero attached hydrogens (tertiary/aromatic N) is 2. The topological polar surface area (TPSA) is 49.6 Å². The Morgan fingerprint density at radius 3 is 2.18 bits per heavy atom. The second-order valence-electron chi connectivity index (χ2n) is 5.19. The minimum absolute atomic E-state index is 0.183. The Morgan fingerprint density at radius 2 is 1.71 bits per heavy atom. The first-order valence-electron chi connectivity index (χ1n) is 6.79. The minimum atomic E-state index is 0.183. The third-order valence-corrected chi connectivity index (χ3v) is 3.59. The van der Waals surface area contributed by atoms with Gasteiger partial charge in [-0.2, -0.15) is 0 Å². The molecule has 1 amide bonds. The van der Waals surface area contributed by atoms with Crippen LogP contribution in [0.3, 0.4) is 0 Å². The summed E-state index contributed by atoms with van der Waals surface area (Å²) in [6, 6.07) is 0.225. The van der Waals surface area contributed by atoms with E-state index in [9.17, 15) is 4.79 Å². The summed E-state index contributed by atoms with van der Waals surface area (Å²) in [6.07, 6.45) is 7.03. The number of rotatable bonds is 4. The highest BCUT2D eigenvalue weighted by atomic mass is 16.2. The summed E-state index contributed by atoms with van der Waals surface area (Å²) in [5.41, 5.74) is 5.83. The fourth-order valence-electron chi connectivity index (χ4n) is 2.38. The average Bonchev–Trinajstić information content (AvgIpc) is 2.25. The molecule has 1 fully saturated rings. The molecule has 0 radical (unpaired) electrons. The van der Waals surface area contributed by atoms with Crippen molar-refractivity contribution in [2.75, 3.05) is 33.7 Å². The average molecular weight is 241 g/mol. The first-order valence-corrected chi connectivity index (χ1v) is 6.79. The van der Waals surface area contributed by atoms with E-state index >= 15 is 0 Å². The third kappa shape index (κ3) is 5.04. The molecule has 17 heavy (non-hydrogen) atoms. The molecule has 0 aliphatic carbocycles. The van der Waals surface area contributed by atoms with E-state index in [1.165, 1.54) is 32.1 Å². The molecule has 1 rings (SSSR count). The van der Waals surface area contributed by atoms with E-state index in [-0.39, 0.29) is 11.9 Å². The zero-order valence-corrected chi connectivity index (χ0v) is 11.3. The first kappa shape index (κ1) is 14.5. The number of carbonyl (C=O) groups excluding carboxylic acids is 1. The van der Waals surface area contributed by atoms with Gasteiger partial charge < -0.3 is 10.6 Å². The minimum Gasteiger partial charge on any atom is -0.349 e. The van der Waals surface area contributed by atoms with Crippen molar-refractivity contribution in [3.8, 4) is 0 Å². The van der Waals surface area contributed by atoms with Crippen LogP contribution < -0.4 is 5.73 Å². The summed E-state index contributed by atoms with van der Waals surface area (Å²) in [7, 11) is 3.62. The molecule has 1 aliphatic rings. The molecule has 4 nitrogen and oxygen atoms in total. The van der Waals surface area contributed by atoms with Crippen LogP contribution in [0.2, 0.25) is 0 Å². The fourth-order valence-corrected chi connectivity index (χ4v) is 2.38. The third-order valence-electron chi connectivity index (χ3n) is 3.59. The van der Waals surface area contributed by atoms with Crippen molar-refractivity contribution in [1.29, 1.82) is 0 Å². The molecule has 2 N–H and O–H groups in total. The highest BCUT2D eigenvalue weighted by molar-refractivity contribution is 5.76. The van der Waals surface area contributed by atoms with Crippen molar-refractivity contribution >= 4 is 5.91 Å². The molecule has 4 heteroatoms. The smallest absolute Gasteiger partial charge is 0.223 e. The van der Waals surface area contributed by atoms with Crippen LogP contribution in [-0.2, 0) is 4.79 Å². The number of carbonyl (C=O) groups is 1. The van der Waals surface area contributed by atoms with Crippen molar-refractivity contribution < 1.29 is 4.79 Å². The van der Waals surface area contributed by atoms with E-state index in [2.05, 4.69) is 4.90 Å². The van der Waals surface area contributed by atoms with E-state index in [0.29, 0.717) is 13.0 Å². The van der Waals surface area contributed by atoms with Crippen molar-refractivity contribution in [3.63, 3.8) is 0 Å². The molecule has 100 valence electrons. The van der Waals surface area contributed by atoms with Crippen LogP contribution in [0.4, 0.5) is 0 Å². The Kier molecular flexibility index (Phi) is 6.52. The Labute approximate surface area is 105 Å². The predicted molar refractivity (Wildman–Crippen MR) is 70.8 cm³/mol. The SMILES string of the molecule is CN(C)C(=O)CC(CN)N1CCCCCCC1. The summed E-state index contributed by atoms with van der Waals surface area (Å²) in [6.45, 7) is 2.78. The van der Waals surface area contributed by atoms with E-state index in [4.69, 9.17) is 5.73 Å². The van der Waals surface area contributed by atoms with Gasteiger partial charge in [-0.3, -0.25) is 9.69 Å². The molecule has 0 saturated carbocycles. The molecule has 0 spiro atoms. The molecule has 1 aliphatic heterocycles. The van der Waals surface area contributed by atoms with E-state index < -0.39 is 0 Å². The van der Waals surface area contributed by atoms with Crippen molar-refractivity contribution in [3.05, 3.63) is 0 Å². The monoisotopic (exact) mass is 241 g/mol. The highest BCUT2D eigenvalue weighted by Crippen LogP contribution is 2.14. The van der Waals surface area contributed by atoms with Gasteiger partial charge in [0, 0.05) is 33.1 Å². The molecular weight excluding hydrogens is 214 g/mol. The van der Waals surface area contributed by atoms with Gasteiger partial charge in [-0.1, -0.05) is 19.3 Å². The summed E-state index contributed by atoms with van der Waals surface area (Å²) >= 11 is 0. The van der Waals surface area contributed by atoms with Crippen molar-refractivity contribution in [2.45, 2.75) is 44.6 Å². The maximum absolute atomic E-state index is 11.8. The summed E-state index contributed by atoms with van der Waals surface area (Å²) in [4.78, 5) is 15.8. The Balaban J connectivity index is 2.48. The largest absolute Gasteiger partial charge is 0.349 e. The van der Waals surface area contributed by atoms with Gasteiger partial charge in [0.15, 0.2) is 0 Å². The van der Waals surface area contributed by atoms with Crippen LogP contribution in [0.1, 0.15) is 38.5 Å². The maximum atomic E-state index is 11.8. The molecule has 0 aromatic heterocycles. The van der Waals surface area contributed by atoms with Crippen LogP contribution >= 0.6 is 0 Å². The standard InChI is InChI=1S/C13H27N3O/c1-15(2)13(17)10-12(11-14)16-8-6-4-3-5-7-9-16/h12H,3-11,14H2,1-2H3. The summed E-state index contributed by atoms with van der Waals surface area (Å²) in [5, 5.41) is 0. The Bertz CT molecular complexity index is 223. The molecule has 0 aromatic rings. The van der Waals surface area contributed by atoms with Gasteiger partial charge in [0.05, 0.1) is 0 Å². The van der Waals surface area contributed by atoms with Crippen LogP contribution in [-0.4, -0.2) is 55.5 Å². The van der Waals surface area contributed by atoms with E-state index in [0.717, 1.165) is 13.1 Å². The van der Waals surface area contributed by atoms with Gasteiger partial charge >= 0.3 is 0 Å². The van der Waals surface area contributed by atoms with Crippen LogP contribution in [0.5, 0.6) is 0 Å². The fraction of sp³-hybridized carbons (Fsp3) is 0.923. The zero-order chi connectivity index (χ0) is 12.7. The Hall–Kier alpha value is -0.610. The van der Waals surface area contributed by atoms with Gasteiger partial charge in [0.2, 0.25) is 5.91 Å². The van der Waals surface area contributed by atoms with Crippen LogP contribution in [0, 0.1) is 0 Å². The lowest BCUT2D eigenvalue weighted by molar-refractivity contribution is -0.130. The predicted octanol–water partition coefficient (Wildman–Crippen LogP) is 1.06. The normalized spacial score (nSPS) is 20.4. The van der Waals surface area contributed by atoms with Crippen molar-refractivity contribution in [2.24, 2.45) is 5.73 Å². The quantitative estimate of drug-likeness (QED) is 0.800. The van der Waals surface area contributed by atoms with Gasteiger partial charge in [-0.25, -0.2) is 0 Å². The molecule has 0 bridgehead atoms. The van der Waals surface area contributed by atoms with E-state index in [1.54, 1.807) is 4.90 Å². The van der Waals surface area contributed by atoms with Gasteiger partial charge in [0.1, 0.15) is 0 Å². The second kappa shape index (κ2) is 7.67. The number of likely N-dealkylation sites (tertiary alicyclic amines) is 1. The van der Waals surface area contributed by atoms with Crippen LogP contribution in [0.15, 0.2) is 0 Å². The zero-order valence-electron chi connectivity index (χ0n) is 11.3. The molecule has 1 heterocycles. The molecule has 1 atom stereocenters. The lowest BCUT2D eigenvalue weighted by atomic mass is 10.0. The van der Waals surface area contributed by atoms with Gasteiger partial charge in [-0.05, 0) is 25.9 Å². The number of amides is 1. The molecule has 1 unspecified atom stereocenters. The Morgan fingerprint density at radius 1 is 1.18 bits per heavy atom. The summed E-state index contributed by atoms with van der Waals surface area (Å²) < 4.78 is 0. The lowest BCUT2D eigenvalue weighted by Crippen LogP contribution is -2.45. The second-order valence-corrected chi connectivity index (χ2v) is 5.19. The van der Waals surface area contributed by atoms with Crippen LogP contribution in [0.25, 0.3) is 0 Å². The first-order chi connectivity index (χ1) is 8.15. The van der Waals surface area contributed by atoms with Gasteiger partial charge in [0.25, 0.3) is 0 Å². The highest BCUT2D eigenvalue weighted by Gasteiger charge is 2.21. The van der Waals surface area contributed by atoms with Crippen molar-refractivity contribution in [1.82, 2.24) is 9.80 Å². The molecule has 0 aromatic carbocycles. The van der Waals surface area contributed by atoms with E-state index in [1.807, 2.05) is 14.1 Å². The maximum Gasteiger partial charge on any atom is 0.223 e. The molecule has 1 saturated heterocycles. The molecular formula is C13H27N3O. The summed E-state index contributed by atoms with van der Waals surface area (Å²) in [5.74, 6) is 0.183. The van der Waals surface area contributed by atoms with Gasteiger partial charge in [-0.15, -0.1) is 0 Å². The number of hydrogen-bond acceptors (Lipinski definition) is 3. The number of hydrogen-bond donors (Lipinski definition) is 1. The lowest BCUT2D eigenvalue weighted by Gasteiger charge is -2.32. The number of nitrogens with two attached hydrogens (primary N) is 1.